The van der Waals surface area contributed by atoms with Crippen molar-refractivity contribution in [2.75, 3.05) is 21.3 Å². The van der Waals surface area contributed by atoms with Crippen LogP contribution in [-0.4, -0.2) is 21.3 Å². The van der Waals surface area contributed by atoms with E-state index in [0.29, 0.717) is 11.3 Å². The summed E-state index contributed by atoms with van der Waals surface area (Å²) in [6.45, 7) is 0. The normalized spacial score (nSPS) is 27.4. The molecule has 2 aliphatic heterocycles. The van der Waals surface area contributed by atoms with Gasteiger partial charge >= 0.3 is 0 Å². The number of halogens is 1. The Kier molecular flexibility index (Phi) is 2.36. The van der Waals surface area contributed by atoms with Gasteiger partial charge in [0.15, 0.2) is 11.6 Å². The van der Waals surface area contributed by atoms with E-state index >= 15 is 0 Å². The summed E-state index contributed by atoms with van der Waals surface area (Å²) < 4.78 is 35.5. The SMILES string of the molecule is COc1cc(F)c(OC)c2c1[C@H]1C=C[C@]2(OC)O1. The van der Waals surface area contributed by atoms with Crippen LogP contribution in [0.3, 0.4) is 0 Å². The maximum absolute atomic E-state index is 14.0. The van der Waals surface area contributed by atoms with Gasteiger partial charge in [0.25, 0.3) is 0 Å². The number of benzene rings is 1. The summed E-state index contributed by atoms with van der Waals surface area (Å²) in [5.41, 5.74) is 1.32. The smallest absolute Gasteiger partial charge is 0.220 e. The van der Waals surface area contributed by atoms with Crippen molar-refractivity contribution in [1.29, 1.82) is 0 Å². The molecule has 0 fully saturated rings. The fourth-order valence-corrected chi connectivity index (χ4v) is 2.62. The lowest BCUT2D eigenvalue weighted by Gasteiger charge is -2.24. The van der Waals surface area contributed by atoms with Crippen molar-refractivity contribution in [3.8, 4) is 11.5 Å². The van der Waals surface area contributed by atoms with Crippen molar-refractivity contribution in [2.45, 2.75) is 11.9 Å². The minimum Gasteiger partial charge on any atom is -0.496 e. The van der Waals surface area contributed by atoms with E-state index in [1.165, 1.54) is 27.4 Å². The van der Waals surface area contributed by atoms with E-state index in [2.05, 4.69) is 0 Å². The van der Waals surface area contributed by atoms with Gasteiger partial charge in [0.2, 0.25) is 5.79 Å². The molecule has 0 aliphatic carbocycles. The van der Waals surface area contributed by atoms with Crippen LogP contribution in [0.2, 0.25) is 0 Å². The van der Waals surface area contributed by atoms with Gasteiger partial charge in [-0.25, -0.2) is 4.39 Å². The van der Waals surface area contributed by atoms with Gasteiger partial charge in [-0.3, -0.25) is 0 Å². The van der Waals surface area contributed by atoms with Gasteiger partial charge in [-0.2, -0.15) is 0 Å². The zero-order valence-electron chi connectivity index (χ0n) is 10.3. The molecular weight excluding hydrogens is 239 g/mol. The Bertz CT molecular complexity index is 540. The van der Waals surface area contributed by atoms with E-state index in [0.717, 1.165) is 5.56 Å². The molecule has 3 rings (SSSR count). The lowest BCUT2D eigenvalue weighted by Crippen LogP contribution is -2.24. The summed E-state index contributed by atoms with van der Waals surface area (Å²) in [4.78, 5) is 0. The highest BCUT2D eigenvalue weighted by Gasteiger charge is 2.52. The molecule has 0 radical (unpaired) electrons. The summed E-state index contributed by atoms with van der Waals surface area (Å²) >= 11 is 0. The van der Waals surface area contributed by atoms with Gasteiger partial charge in [-0.15, -0.1) is 0 Å². The van der Waals surface area contributed by atoms with Crippen LogP contribution in [0.15, 0.2) is 18.2 Å². The third-order valence-corrected chi connectivity index (χ3v) is 3.39. The molecule has 2 bridgehead atoms. The molecule has 18 heavy (non-hydrogen) atoms. The molecule has 1 aromatic carbocycles. The highest BCUT2D eigenvalue weighted by atomic mass is 19.1. The Balaban J connectivity index is 2.33. The fraction of sp³-hybridized carbons (Fsp3) is 0.385. The molecule has 5 heteroatoms. The Morgan fingerprint density at radius 2 is 2.06 bits per heavy atom. The second kappa shape index (κ2) is 3.70. The molecule has 4 nitrogen and oxygen atoms in total. The number of rotatable bonds is 3. The van der Waals surface area contributed by atoms with Crippen LogP contribution in [-0.2, 0) is 15.3 Å². The molecule has 2 atom stereocenters. The Hall–Kier alpha value is -1.59. The van der Waals surface area contributed by atoms with Gasteiger partial charge < -0.3 is 18.9 Å². The summed E-state index contributed by atoms with van der Waals surface area (Å²) in [7, 11) is 4.43. The quantitative estimate of drug-likeness (QED) is 0.773. The first kappa shape index (κ1) is 11.5. The van der Waals surface area contributed by atoms with Crippen molar-refractivity contribution < 1.29 is 23.3 Å². The van der Waals surface area contributed by atoms with E-state index in [4.69, 9.17) is 18.9 Å². The maximum atomic E-state index is 14.0. The second-order valence-electron chi connectivity index (χ2n) is 4.15. The molecule has 0 unspecified atom stereocenters. The lowest BCUT2D eigenvalue weighted by atomic mass is 9.92. The van der Waals surface area contributed by atoms with Gasteiger partial charge in [0.1, 0.15) is 11.9 Å². The monoisotopic (exact) mass is 252 g/mol. The number of ether oxygens (including phenoxy) is 4. The fourth-order valence-electron chi connectivity index (χ4n) is 2.62. The van der Waals surface area contributed by atoms with Crippen molar-refractivity contribution in [1.82, 2.24) is 0 Å². The summed E-state index contributed by atoms with van der Waals surface area (Å²) in [5, 5.41) is 0. The van der Waals surface area contributed by atoms with Crippen LogP contribution >= 0.6 is 0 Å². The predicted molar refractivity (Wildman–Crippen MR) is 61.2 cm³/mol. The molecule has 0 N–H and O–H groups in total. The Morgan fingerprint density at radius 1 is 1.28 bits per heavy atom. The Labute approximate surface area is 104 Å². The highest BCUT2D eigenvalue weighted by Crippen LogP contribution is 2.57. The van der Waals surface area contributed by atoms with Crippen molar-refractivity contribution in [2.24, 2.45) is 0 Å². The van der Waals surface area contributed by atoms with E-state index in [-0.39, 0.29) is 11.9 Å². The lowest BCUT2D eigenvalue weighted by molar-refractivity contribution is -0.185. The van der Waals surface area contributed by atoms with Crippen LogP contribution < -0.4 is 9.47 Å². The first-order chi connectivity index (χ1) is 8.66. The van der Waals surface area contributed by atoms with Crippen LogP contribution in [0, 0.1) is 5.82 Å². The topological polar surface area (TPSA) is 36.9 Å². The predicted octanol–water partition coefficient (Wildman–Crippen LogP) is 2.28. The second-order valence-corrected chi connectivity index (χ2v) is 4.15. The average Bonchev–Trinajstić information content (AvgIpc) is 2.95. The summed E-state index contributed by atoms with van der Waals surface area (Å²) in [5.74, 6) is -0.981. The number of fused-ring (bicyclic) bond motifs is 5. The molecule has 0 spiro atoms. The molecule has 0 saturated carbocycles. The first-order valence-corrected chi connectivity index (χ1v) is 5.54. The Morgan fingerprint density at radius 3 is 2.67 bits per heavy atom. The molecule has 1 aromatic rings. The highest BCUT2D eigenvalue weighted by molar-refractivity contribution is 5.59. The van der Waals surface area contributed by atoms with Crippen LogP contribution in [0.4, 0.5) is 4.39 Å². The van der Waals surface area contributed by atoms with Gasteiger partial charge in [-0.1, -0.05) is 0 Å². The molecule has 96 valence electrons. The van der Waals surface area contributed by atoms with Crippen LogP contribution in [0.25, 0.3) is 0 Å². The zero-order chi connectivity index (χ0) is 12.9. The number of hydrogen-bond donors (Lipinski definition) is 0. The molecule has 0 amide bonds. The molecule has 2 heterocycles. The van der Waals surface area contributed by atoms with Gasteiger partial charge in [0.05, 0.1) is 19.8 Å². The average molecular weight is 252 g/mol. The number of hydrogen-bond acceptors (Lipinski definition) is 4. The standard InChI is InChI=1S/C13H13FO4/c1-15-9-6-7(14)12(16-2)11-10(9)8-4-5-13(11,17-3)18-8/h4-6,8H,1-3H3/t8-,13+/m1/s1. The van der Waals surface area contributed by atoms with Gasteiger partial charge in [0, 0.05) is 18.7 Å². The molecule has 0 saturated heterocycles. The third-order valence-electron chi connectivity index (χ3n) is 3.39. The van der Waals surface area contributed by atoms with E-state index in [1.54, 1.807) is 6.08 Å². The zero-order valence-corrected chi connectivity index (χ0v) is 10.3. The van der Waals surface area contributed by atoms with Crippen molar-refractivity contribution >= 4 is 0 Å². The van der Waals surface area contributed by atoms with E-state index in [9.17, 15) is 4.39 Å². The third kappa shape index (κ3) is 1.20. The van der Waals surface area contributed by atoms with E-state index in [1.807, 2.05) is 6.08 Å². The first-order valence-electron chi connectivity index (χ1n) is 5.54. The largest absolute Gasteiger partial charge is 0.496 e. The minimum absolute atomic E-state index is 0.138. The summed E-state index contributed by atoms with van der Waals surface area (Å²) in [6, 6.07) is 1.30. The maximum Gasteiger partial charge on any atom is 0.220 e. The summed E-state index contributed by atoms with van der Waals surface area (Å²) in [6.07, 6.45) is 3.34. The van der Waals surface area contributed by atoms with Gasteiger partial charge in [-0.05, 0) is 12.2 Å². The molecule has 0 aromatic heterocycles. The van der Waals surface area contributed by atoms with Crippen LogP contribution in [0.5, 0.6) is 11.5 Å². The van der Waals surface area contributed by atoms with E-state index < -0.39 is 11.6 Å². The molecule has 2 aliphatic rings. The molecular formula is C13H13FO4. The van der Waals surface area contributed by atoms with Crippen molar-refractivity contribution in [3.63, 3.8) is 0 Å². The number of methoxy groups -OCH3 is 3. The van der Waals surface area contributed by atoms with Crippen LogP contribution in [0.1, 0.15) is 17.2 Å². The van der Waals surface area contributed by atoms with Crippen molar-refractivity contribution in [3.05, 3.63) is 35.2 Å². The minimum atomic E-state index is -1.07.